The standard InChI is InChI=1S/C25H28O/c1-4-19(2)5-8-21-9-11-22(12-10-21)23-13-17-25(18-14-23)26-24-15-6-20(3)7-16-24/h6-7,9-19H,4-5,8H2,1-3H3. The van der Waals surface area contributed by atoms with Crippen LogP contribution in [0.15, 0.2) is 72.8 Å². The average molecular weight is 344 g/mol. The fraction of sp³-hybridized carbons (Fsp3) is 0.280. The Hall–Kier alpha value is -2.54. The summed E-state index contributed by atoms with van der Waals surface area (Å²) in [5, 5.41) is 0. The Bertz CT molecular complexity index is 798. The summed E-state index contributed by atoms with van der Waals surface area (Å²) < 4.78 is 5.91. The Morgan fingerprint density at radius 3 is 1.77 bits per heavy atom. The Morgan fingerprint density at radius 2 is 1.23 bits per heavy atom. The zero-order chi connectivity index (χ0) is 18.4. The lowest BCUT2D eigenvalue weighted by molar-refractivity contribution is 0.482. The van der Waals surface area contributed by atoms with Crippen molar-refractivity contribution in [3.63, 3.8) is 0 Å². The van der Waals surface area contributed by atoms with Crippen molar-refractivity contribution in [3.8, 4) is 22.6 Å². The predicted molar refractivity (Wildman–Crippen MR) is 111 cm³/mol. The molecule has 0 amide bonds. The number of hydrogen-bond donors (Lipinski definition) is 0. The number of rotatable bonds is 7. The third-order valence-corrected chi connectivity index (χ3v) is 5.02. The molecule has 1 unspecified atom stereocenters. The van der Waals surface area contributed by atoms with Crippen LogP contribution < -0.4 is 4.74 Å². The first-order valence-electron chi connectivity index (χ1n) is 9.58. The molecule has 0 fully saturated rings. The van der Waals surface area contributed by atoms with Gasteiger partial charge in [-0.05, 0) is 66.6 Å². The largest absolute Gasteiger partial charge is 0.457 e. The molecule has 3 aromatic carbocycles. The van der Waals surface area contributed by atoms with Crippen LogP contribution in [0.5, 0.6) is 11.5 Å². The predicted octanol–water partition coefficient (Wildman–Crippen LogP) is 7.43. The first-order valence-corrected chi connectivity index (χ1v) is 9.58. The minimum Gasteiger partial charge on any atom is -0.457 e. The van der Waals surface area contributed by atoms with Gasteiger partial charge in [-0.25, -0.2) is 0 Å². The highest BCUT2D eigenvalue weighted by atomic mass is 16.5. The molecule has 0 spiro atoms. The topological polar surface area (TPSA) is 9.23 Å². The number of benzene rings is 3. The molecule has 3 rings (SSSR count). The number of hydrogen-bond acceptors (Lipinski definition) is 1. The molecule has 0 aromatic heterocycles. The highest BCUT2D eigenvalue weighted by Crippen LogP contribution is 2.26. The van der Waals surface area contributed by atoms with E-state index in [4.69, 9.17) is 4.74 Å². The van der Waals surface area contributed by atoms with Gasteiger partial charge in [0.1, 0.15) is 11.5 Å². The van der Waals surface area contributed by atoms with Gasteiger partial charge in [-0.2, -0.15) is 0 Å². The summed E-state index contributed by atoms with van der Waals surface area (Å²) in [4.78, 5) is 0. The molecular formula is C25H28O. The monoisotopic (exact) mass is 344 g/mol. The molecule has 0 saturated heterocycles. The smallest absolute Gasteiger partial charge is 0.127 e. The van der Waals surface area contributed by atoms with E-state index in [-0.39, 0.29) is 0 Å². The first kappa shape index (κ1) is 18.3. The SMILES string of the molecule is CCC(C)CCc1ccc(-c2ccc(Oc3ccc(C)cc3)cc2)cc1. The van der Waals surface area contributed by atoms with Crippen LogP contribution >= 0.6 is 0 Å². The first-order chi connectivity index (χ1) is 12.6. The zero-order valence-corrected chi connectivity index (χ0v) is 16.0. The van der Waals surface area contributed by atoms with Crippen molar-refractivity contribution < 1.29 is 4.74 Å². The summed E-state index contributed by atoms with van der Waals surface area (Å²) in [5.74, 6) is 2.53. The highest BCUT2D eigenvalue weighted by Gasteiger charge is 2.03. The minimum absolute atomic E-state index is 0.802. The molecule has 3 aromatic rings. The number of ether oxygens (including phenoxy) is 1. The maximum Gasteiger partial charge on any atom is 0.127 e. The Morgan fingerprint density at radius 1 is 0.731 bits per heavy atom. The highest BCUT2D eigenvalue weighted by molar-refractivity contribution is 5.64. The van der Waals surface area contributed by atoms with Crippen molar-refractivity contribution in [2.24, 2.45) is 5.92 Å². The molecular weight excluding hydrogens is 316 g/mol. The van der Waals surface area contributed by atoms with Crippen LogP contribution in [0.25, 0.3) is 11.1 Å². The van der Waals surface area contributed by atoms with E-state index in [2.05, 4.69) is 69.3 Å². The Kier molecular flexibility index (Phi) is 6.12. The van der Waals surface area contributed by atoms with Crippen LogP contribution in [0.2, 0.25) is 0 Å². The van der Waals surface area contributed by atoms with Gasteiger partial charge in [-0.15, -0.1) is 0 Å². The second-order valence-corrected chi connectivity index (χ2v) is 7.19. The summed E-state index contributed by atoms with van der Waals surface area (Å²) in [5.41, 5.74) is 5.13. The van der Waals surface area contributed by atoms with Crippen molar-refractivity contribution in [1.82, 2.24) is 0 Å². The minimum atomic E-state index is 0.802. The third kappa shape index (κ3) is 4.98. The van der Waals surface area contributed by atoms with Crippen LogP contribution in [0.1, 0.15) is 37.8 Å². The van der Waals surface area contributed by atoms with Crippen LogP contribution in [-0.2, 0) is 6.42 Å². The molecule has 0 aliphatic rings. The summed E-state index contributed by atoms with van der Waals surface area (Å²) in [7, 11) is 0. The summed E-state index contributed by atoms with van der Waals surface area (Å²) in [6, 6.07) is 25.4. The van der Waals surface area contributed by atoms with Crippen LogP contribution in [0.4, 0.5) is 0 Å². The molecule has 0 aliphatic heterocycles. The van der Waals surface area contributed by atoms with Crippen LogP contribution in [-0.4, -0.2) is 0 Å². The van der Waals surface area contributed by atoms with Gasteiger partial charge in [0.2, 0.25) is 0 Å². The van der Waals surface area contributed by atoms with Gasteiger partial charge in [0.05, 0.1) is 0 Å². The van der Waals surface area contributed by atoms with Crippen molar-refractivity contribution in [3.05, 3.63) is 83.9 Å². The van der Waals surface area contributed by atoms with E-state index in [0.717, 1.165) is 17.4 Å². The van der Waals surface area contributed by atoms with E-state index in [1.807, 2.05) is 24.3 Å². The average Bonchev–Trinajstić information content (AvgIpc) is 2.69. The Balaban J connectivity index is 1.63. The van der Waals surface area contributed by atoms with Crippen LogP contribution in [0.3, 0.4) is 0 Å². The van der Waals surface area contributed by atoms with E-state index in [1.165, 1.54) is 41.5 Å². The maximum absolute atomic E-state index is 5.91. The zero-order valence-electron chi connectivity index (χ0n) is 16.0. The quantitative estimate of drug-likeness (QED) is 0.433. The molecule has 0 heterocycles. The lowest BCUT2D eigenvalue weighted by Gasteiger charge is -2.09. The lowest BCUT2D eigenvalue weighted by atomic mass is 9.97. The van der Waals surface area contributed by atoms with Gasteiger partial charge in [0.15, 0.2) is 0 Å². The van der Waals surface area contributed by atoms with Crippen LogP contribution in [0, 0.1) is 12.8 Å². The van der Waals surface area contributed by atoms with E-state index < -0.39 is 0 Å². The van der Waals surface area contributed by atoms with E-state index in [9.17, 15) is 0 Å². The molecule has 1 nitrogen and oxygen atoms in total. The molecule has 1 atom stereocenters. The molecule has 0 aliphatic carbocycles. The lowest BCUT2D eigenvalue weighted by Crippen LogP contribution is -1.95. The molecule has 1 heteroatoms. The van der Waals surface area contributed by atoms with Gasteiger partial charge in [-0.3, -0.25) is 0 Å². The van der Waals surface area contributed by atoms with Gasteiger partial charge >= 0.3 is 0 Å². The van der Waals surface area contributed by atoms with Gasteiger partial charge in [-0.1, -0.05) is 74.4 Å². The van der Waals surface area contributed by atoms with E-state index >= 15 is 0 Å². The molecule has 0 N–H and O–H groups in total. The van der Waals surface area contributed by atoms with Crippen molar-refractivity contribution in [2.75, 3.05) is 0 Å². The third-order valence-electron chi connectivity index (χ3n) is 5.02. The summed E-state index contributed by atoms with van der Waals surface area (Å²) in [6.07, 6.45) is 3.69. The molecule has 134 valence electrons. The maximum atomic E-state index is 5.91. The van der Waals surface area contributed by atoms with E-state index in [1.54, 1.807) is 0 Å². The van der Waals surface area contributed by atoms with Gasteiger partial charge < -0.3 is 4.74 Å². The molecule has 0 bridgehead atoms. The molecule has 0 saturated carbocycles. The summed E-state index contributed by atoms with van der Waals surface area (Å²) in [6.45, 7) is 6.67. The van der Waals surface area contributed by atoms with Crippen molar-refractivity contribution >= 4 is 0 Å². The second kappa shape index (κ2) is 8.71. The summed E-state index contributed by atoms with van der Waals surface area (Å²) >= 11 is 0. The van der Waals surface area contributed by atoms with Gasteiger partial charge in [0.25, 0.3) is 0 Å². The fourth-order valence-electron chi connectivity index (χ4n) is 2.94. The Labute approximate surface area is 157 Å². The van der Waals surface area contributed by atoms with Gasteiger partial charge in [0, 0.05) is 0 Å². The molecule has 0 radical (unpaired) electrons. The van der Waals surface area contributed by atoms with Crippen molar-refractivity contribution in [2.45, 2.75) is 40.0 Å². The van der Waals surface area contributed by atoms with E-state index in [0.29, 0.717) is 0 Å². The second-order valence-electron chi connectivity index (χ2n) is 7.19. The molecule has 26 heavy (non-hydrogen) atoms. The fourth-order valence-corrected chi connectivity index (χ4v) is 2.94. The number of aryl methyl sites for hydroxylation is 2. The normalized spacial score (nSPS) is 12.0. The van der Waals surface area contributed by atoms with Crippen molar-refractivity contribution in [1.29, 1.82) is 0 Å².